The van der Waals surface area contributed by atoms with Crippen LogP contribution in [0.1, 0.15) is 26.2 Å². The Morgan fingerprint density at radius 3 is 2.79 bits per heavy atom. The Labute approximate surface area is 146 Å². The number of rotatable bonds is 4. The van der Waals surface area contributed by atoms with E-state index in [0.29, 0.717) is 11.8 Å². The van der Waals surface area contributed by atoms with Crippen molar-refractivity contribution >= 4 is 17.7 Å². The zero-order valence-electron chi connectivity index (χ0n) is 14.0. The Bertz CT molecular complexity index is 714. The van der Waals surface area contributed by atoms with Crippen LogP contribution in [0.25, 0.3) is 11.3 Å². The van der Waals surface area contributed by atoms with Crippen LogP contribution in [0, 0.1) is 5.82 Å². The van der Waals surface area contributed by atoms with Crippen molar-refractivity contribution in [3.8, 4) is 11.3 Å². The molecule has 4 nitrogen and oxygen atoms in total. The predicted molar refractivity (Wildman–Crippen MR) is 94.4 cm³/mol. The summed E-state index contributed by atoms with van der Waals surface area (Å²) in [5.41, 5.74) is 1.82. The topological polar surface area (TPSA) is 38.1 Å². The van der Waals surface area contributed by atoms with E-state index in [2.05, 4.69) is 11.9 Å². The summed E-state index contributed by atoms with van der Waals surface area (Å²) in [6.07, 6.45) is 5.16. The molecule has 2 aromatic rings. The highest BCUT2D eigenvalue weighted by atomic mass is 32.2. The van der Waals surface area contributed by atoms with Gasteiger partial charge in [0, 0.05) is 19.6 Å². The molecule has 1 aliphatic rings. The minimum Gasteiger partial charge on any atom is -0.339 e. The third-order valence-electron chi connectivity index (χ3n) is 4.53. The summed E-state index contributed by atoms with van der Waals surface area (Å²) >= 11 is 1.46. The third kappa shape index (κ3) is 3.64. The molecule has 3 rings (SSSR count). The summed E-state index contributed by atoms with van der Waals surface area (Å²) in [7, 11) is 1.92. The highest BCUT2D eigenvalue weighted by Crippen LogP contribution is 2.26. The molecule has 0 saturated carbocycles. The van der Waals surface area contributed by atoms with Crippen LogP contribution in [0.5, 0.6) is 0 Å². The number of carbonyl (C=O) groups excluding carboxylic acids is 1. The van der Waals surface area contributed by atoms with Crippen LogP contribution < -0.4 is 0 Å². The van der Waals surface area contributed by atoms with Gasteiger partial charge in [-0.05, 0) is 56.0 Å². The van der Waals surface area contributed by atoms with Gasteiger partial charge in [0.15, 0.2) is 5.16 Å². The lowest BCUT2D eigenvalue weighted by atomic mass is 10.0. The molecule has 0 aliphatic carbocycles. The van der Waals surface area contributed by atoms with Crippen LogP contribution in [-0.2, 0) is 11.8 Å². The van der Waals surface area contributed by atoms with Gasteiger partial charge in [0.25, 0.3) is 0 Å². The molecular weight excluding hydrogens is 325 g/mol. The van der Waals surface area contributed by atoms with Gasteiger partial charge in [0.05, 0.1) is 17.6 Å². The van der Waals surface area contributed by atoms with E-state index in [-0.39, 0.29) is 11.7 Å². The lowest BCUT2D eigenvalue weighted by molar-refractivity contribution is -0.131. The van der Waals surface area contributed by atoms with Gasteiger partial charge in [-0.3, -0.25) is 4.79 Å². The Kier molecular flexibility index (Phi) is 5.23. The Morgan fingerprint density at radius 1 is 1.33 bits per heavy atom. The van der Waals surface area contributed by atoms with E-state index in [4.69, 9.17) is 0 Å². The van der Waals surface area contributed by atoms with Crippen LogP contribution in [0.4, 0.5) is 4.39 Å². The molecule has 1 aliphatic heterocycles. The molecule has 1 aromatic carbocycles. The molecule has 1 aromatic heterocycles. The average Bonchev–Trinajstić information content (AvgIpc) is 2.95. The molecule has 0 radical (unpaired) electrons. The number of likely N-dealkylation sites (tertiary alicyclic amines) is 1. The van der Waals surface area contributed by atoms with Gasteiger partial charge in [0.1, 0.15) is 5.82 Å². The summed E-state index contributed by atoms with van der Waals surface area (Å²) in [6.45, 7) is 2.98. The number of carbonyl (C=O) groups is 1. The second-order valence-corrected chi connectivity index (χ2v) is 7.16. The molecule has 1 atom stereocenters. The average molecular weight is 347 g/mol. The van der Waals surface area contributed by atoms with Crippen molar-refractivity contribution in [2.24, 2.45) is 7.05 Å². The predicted octanol–water partition coefficient (Wildman–Crippen LogP) is 3.72. The Hall–Kier alpha value is -1.82. The van der Waals surface area contributed by atoms with E-state index in [0.717, 1.165) is 35.8 Å². The number of benzene rings is 1. The summed E-state index contributed by atoms with van der Waals surface area (Å²) < 4.78 is 15.0. The number of aromatic nitrogens is 2. The van der Waals surface area contributed by atoms with Crippen LogP contribution in [0.2, 0.25) is 0 Å². The number of halogens is 1. The maximum Gasteiger partial charge on any atom is 0.233 e. The van der Waals surface area contributed by atoms with Crippen molar-refractivity contribution in [1.82, 2.24) is 14.5 Å². The zero-order chi connectivity index (χ0) is 17.1. The number of nitrogens with zero attached hydrogens (tertiary/aromatic N) is 3. The Balaban J connectivity index is 1.66. The van der Waals surface area contributed by atoms with Crippen LogP contribution >= 0.6 is 11.8 Å². The van der Waals surface area contributed by atoms with Gasteiger partial charge >= 0.3 is 0 Å². The first kappa shape index (κ1) is 17.0. The normalized spacial score (nSPS) is 18.0. The Morgan fingerprint density at radius 2 is 2.08 bits per heavy atom. The number of hydrogen-bond acceptors (Lipinski definition) is 3. The fraction of sp³-hybridized carbons (Fsp3) is 0.444. The minimum atomic E-state index is -0.253. The molecule has 1 fully saturated rings. The molecule has 1 saturated heterocycles. The lowest BCUT2D eigenvalue weighted by Crippen LogP contribution is -2.42. The minimum absolute atomic E-state index is 0.179. The van der Waals surface area contributed by atoms with Crippen LogP contribution in [0.15, 0.2) is 35.6 Å². The first-order chi connectivity index (χ1) is 11.6. The van der Waals surface area contributed by atoms with Crippen molar-refractivity contribution in [1.29, 1.82) is 0 Å². The SMILES string of the molecule is CC1CCCCN1C(=O)CSc1ncc(-c2ccc(F)cc2)n1C. The van der Waals surface area contributed by atoms with E-state index in [1.807, 2.05) is 16.5 Å². The quantitative estimate of drug-likeness (QED) is 0.791. The molecule has 6 heteroatoms. The van der Waals surface area contributed by atoms with E-state index < -0.39 is 0 Å². The van der Waals surface area contributed by atoms with E-state index in [1.165, 1.54) is 30.3 Å². The van der Waals surface area contributed by atoms with Gasteiger partial charge in [-0.1, -0.05) is 11.8 Å². The van der Waals surface area contributed by atoms with Crippen molar-refractivity contribution in [3.05, 3.63) is 36.3 Å². The number of amides is 1. The van der Waals surface area contributed by atoms with Crippen molar-refractivity contribution < 1.29 is 9.18 Å². The third-order valence-corrected chi connectivity index (χ3v) is 5.56. The summed E-state index contributed by atoms with van der Waals surface area (Å²) in [4.78, 5) is 18.8. The second kappa shape index (κ2) is 7.38. The molecule has 0 spiro atoms. The van der Waals surface area contributed by atoms with Gasteiger partial charge in [-0.15, -0.1) is 0 Å². The van der Waals surface area contributed by atoms with Crippen molar-refractivity contribution in [2.75, 3.05) is 12.3 Å². The molecule has 0 bridgehead atoms. The zero-order valence-corrected chi connectivity index (χ0v) is 14.9. The molecule has 2 heterocycles. The number of imidazole rings is 1. The lowest BCUT2D eigenvalue weighted by Gasteiger charge is -2.33. The highest BCUT2D eigenvalue weighted by molar-refractivity contribution is 7.99. The number of thioether (sulfide) groups is 1. The molecule has 1 amide bonds. The van der Waals surface area contributed by atoms with Crippen molar-refractivity contribution in [2.45, 2.75) is 37.4 Å². The monoisotopic (exact) mass is 347 g/mol. The van der Waals surface area contributed by atoms with E-state index in [9.17, 15) is 9.18 Å². The van der Waals surface area contributed by atoms with Gasteiger partial charge < -0.3 is 9.47 Å². The van der Waals surface area contributed by atoms with E-state index in [1.54, 1.807) is 18.3 Å². The number of piperidine rings is 1. The fourth-order valence-corrected chi connectivity index (χ4v) is 3.93. The fourth-order valence-electron chi connectivity index (χ4n) is 3.09. The van der Waals surface area contributed by atoms with Gasteiger partial charge in [-0.2, -0.15) is 0 Å². The molecule has 1 unspecified atom stereocenters. The maximum absolute atomic E-state index is 13.1. The van der Waals surface area contributed by atoms with Gasteiger partial charge in [-0.25, -0.2) is 9.37 Å². The number of hydrogen-bond donors (Lipinski definition) is 0. The summed E-state index contributed by atoms with van der Waals surface area (Å²) in [5.74, 6) is 0.327. The molecular formula is C18H22FN3OS. The summed E-state index contributed by atoms with van der Waals surface area (Å²) in [6, 6.07) is 6.69. The molecule has 24 heavy (non-hydrogen) atoms. The largest absolute Gasteiger partial charge is 0.339 e. The summed E-state index contributed by atoms with van der Waals surface area (Å²) in [5, 5.41) is 0.798. The second-order valence-electron chi connectivity index (χ2n) is 6.21. The molecule has 0 N–H and O–H groups in total. The van der Waals surface area contributed by atoms with Crippen LogP contribution in [-0.4, -0.2) is 38.7 Å². The van der Waals surface area contributed by atoms with Crippen LogP contribution in [0.3, 0.4) is 0 Å². The molecule has 128 valence electrons. The first-order valence-electron chi connectivity index (χ1n) is 8.26. The van der Waals surface area contributed by atoms with Crippen molar-refractivity contribution in [3.63, 3.8) is 0 Å². The standard InChI is InChI=1S/C18H22FN3OS/c1-13-5-3-4-10-22(13)17(23)12-24-18-20-11-16(21(18)2)14-6-8-15(19)9-7-14/h6-9,11,13H,3-5,10,12H2,1-2H3. The van der Waals surface area contributed by atoms with E-state index >= 15 is 0 Å². The maximum atomic E-state index is 13.1. The van der Waals surface area contributed by atoms with Gasteiger partial charge in [0.2, 0.25) is 5.91 Å². The first-order valence-corrected chi connectivity index (χ1v) is 9.24. The smallest absolute Gasteiger partial charge is 0.233 e. The highest BCUT2D eigenvalue weighted by Gasteiger charge is 2.23.